The van der Waals surface area contributed by atoms with Crippen LogP contribution in [0.4, 0.5) is 0 Å². The normalized spacial score (nSPS) is 11.7. The van der Waals surface area contributed by atoms with Crippen molar-refractivity contribution in [3.8, 4) is 0 Å². The first-order valence-corrected chi connectivity index (χ1v) is 4.24. The second kappa shape index (κ2) is 3.58. The first-order valence-electron chi connectivity index (χ1n) is 3.45. The summed E-state index contributed by atoms with van der Waals surface area (Å²) in [5, 5.41) is 3.43. The lowest BCUT2D eigenvalue weighted by Crippen LogP contribution is -2.16. The average molecular weight is 228 g/mol. The standard InChI is InChI=1S/C8H10BrN3/c1-5-2-3-6(9)4-7(5)8(10)12-11/h2-4H,11H2,1H3,(H2,10,12). The Kier molecular flexibility index (Phi) is 2.70. The molecule has 0 atom stereocenters. The highest BCUT2D eigenvalue weighted by atomic mass is 79.9. The van der Waals surface area contributed by atoms with Gasteiger partial charge in [-0.15, -0.1) is 0 Å². The molecule has 0 aromatic heterocycles. The lowest BCUT2D eigenvalue weighted by molar-refractivity contribution is 1.22. The van der Waals surface area contributed by atoms with Gasteiger partial charge in [0.15, 0.2) is 5.84 Å². The zero-order valence-electron chi connectivity index (χ0n) is 6.71. The molecule has 0 unspecified atom stereocenters. The van der Waals surface area contributed by atoms with Crippen LogP contribution in [0.15, 0.2) is 27.8 Å². The molecule has 12 heavy (non-hydrogen) atoms. The van der Waals surface area contributed by atoms with Gasteiger partial charge < -0.3 is 11.6 Å². The van der Waals surface area contributed by atoms with Gasteiger partial charge in [0, 0.05) is 10.0 Å². The van der Waals surface area contributed by atoms with E-state index in [4.69, 9.17) is 11.6 Å². The number of hydrazone groups is 1. The van der Waals surface area contributed by atoms with Crippen molar-refractivity contribution in [2.45, 2.75) is 6.92 Å². The molecule has 0 fully saturated rings. The molecule has 3 nitrogen and oxygen atoms in total. The summed E-state index contributed by atoms with van der Waals surface area (Å²) in [5.41, 5.74) is 7.50. The Morgan fingerprint density at radius 3 is 2.75 bits per heavy atom. The van der Waals surface area contributed by atoms with Crippen LogP contribution in [0.1, 0.15) is 11.1 Å². The van der Waals surface area contributed by atoms with Crippen molar-refractivity contribution in [2.24, 2.45) is 16.7 Å². The third-order valence-electron chi connectivity index (χ3n) is 1.61. The van der Waals surface area contributed by atoms with E-state index in [1.165, 1.54) is 0 Å². The maximum Gasteiger partial charge on any atom is 0.150 e. The molecule has 0 bridgehead atoms. The van der Waals surface area contributed by atoms with Crippen LogP contribution in [-0.4, -0.2) is 5.84 Å². The highest BCUT2D eigenvalue weighted by molar-refractivity contribution is 9.10. The lowest BCUT2D eigenvalue weighted by Gasteiger charge is -2.03. The minimum atomic E-state index is 0.355. The van der Waals surface area contributed by atoms with Crippen molar-refractivity contribution < 1.29 is 0 Å². The number of amidine groups is 1. The van der Waals surface area contributed by atoms with Crippen LogP contribution in [0.3, 0.4) is 0 Å². The third kappa shape index (κ3) is 1.76. The Morgan fingerprint density at radius 1 is 1.50 bits per heavy atom. The van der Waals surface area contributed by atoms with Crippen LogP contribution in [0.2, 0.25) is 0 Å². The molecule has 1 aromatic rings. The van der Waals surface area contributed by atoms with Crippen molar-refractivity contribution in [1.29, 1.82) is 0 Å². The topological polar surface area (TPSA) is 64.4 Å². The van der Waals surface area contributed by atoms with E-state index in [0.717, 1.165) is 15.6 Å². The molecule has 0 heterocycles. The summed E-state index contributed by atoms with van der Waals surface area (Å²) in [5.74, 6) is 5.43. The number of halogens is 1. The average Bonchev–Trinajstić information content (AvgIpc) is 2.08. The minimum absolute atomic E-state index is 0.355. The molecule has 1 rings (SSSR count). The second-order valence-electron chi connectivity index (χ2n) is 2.47. The molecule has 0 aliphatic rings. The molecule has 0 saturated heterocycles. The van der Waals surface area contributed by atoms with E-state index in [0.29, 0.717) is 5.84 Å². The highest BCUT2D eigenvalue weighted by Crippen LogP contribution is 2.15. The molecule has 0 radical (unpaired) electrons. The molecule has 1 aromatic carbocycles. The Bertz CT molecular complexity index is 320. The van der Waals surface area contributed by atoms with Gasteiger partial charge in [0.25, 0.3) is 0 Å². The Morgan fingerprint density at radius 2 is 2.17 bits per heavy atom. The van der Waals surface area contributed by atoms with Crippen LogP contribution < -0.4 is 11.6 Å². The van der Waals surface area contributed by atoms with Crippen molar-refractivity contribution in [2.75, 3.05) is 0 Å². The van der Waals surface area contributed by atoms with Crippen molar-refractivity contribution in [1.82, 2.24) is 0 Å². The quantitative estimate of drug-likeness (QED) is 0.329. The zero-order chi connectivity index (χ0) is 9.14. The van der Waals surface area contributed by atoms with Crippen LogP contribution in [0, 0.1) is 6.92 Å². The maximum atomic E-state index is 5.57. The fraction of sp³-hybridized carbons (Fsp3) is 0.125. The number of rotatable bonds is 1. The summed E-state index contributed by atoms with van der Waals surface area (Å²) < 4.78 is 0.967. The number of hydrogen-bond acceptors (Lipinski definition) is 2. The third-order valence-corrected chi connectivity index (χ3v) is 2.11. The van der Waals surface area contributed by atoms with Crippen LogP contribution in [0.25, 0.3) is 0 Å². The molecule has 0 aliphatic heterocycles. The number of aryl methyl sites for hydroxylation is 1. The van der Waals surface area contributed by atoms with Gasteiger partial charge in [-0.1, -0.05) is 22.0 Å². The molecular weight excluding hydrogens is 218 g/mol. The van der Waals surface area contributed by atoms with E-state index in [2.05, 4.69) is 21.0 Å². The molecule has 4 heteroatoms. The first-order chi connectivity index (χ1) is 5.65. The largest absolute Gasteiger partial charge is 0.382 e. The molecule has 0 spiro atoms. The van der Waals surface area contributed by atoms with E-state index in [-0.39, 0.29) is 0 Å². The van der Waals surface area contributed by atoms with E-state index in [9.17, 15) is 0 Å². The first kappa shape index (κ1) is 9.06. The Balaban J connectivity index is 3.23. The summed E-state index contributed by atoms with van der Waals surface area (Å²) in [6, 6.07) is 5.79. The van der Waals surface area contributed by atoms with Gasteiger partial charge in [0.2, 0.25) is 0 Å². The molecular formula is C8H10BrN3. The van der Waals surface area contributed by atoms with Gasteiger partial charge in [0.1, 0.15) is 0 Å². The fourth-order valence-corrected chi connectivity index (χ4v) is 1.30. The van der Waals surface area contributed by atoms with Crippen molar-refractivity contribution in [3.63, 3.8) is 0 Å². The van der Waals surface area contributed by atoms with Crippen LogP contribution >= 0.6 is 15.9 Å². The highest BCUT2D eigenvalue weighted by Gasteiger charge is 2.02. The predicted octanol–water partition coefficient (Wildman–Crippen LogP) is 1.34. The van der Waals surface area contributed by atoms with Crippen LogP contribution in [0.5, 0.6) is 0 Å². The maximum absolute atomic E-state index is 5.57. The van der Waals surface area contributed by atoms with Crippen molar-refractivity contribution >= 4 is 21.8 Å². The molecule has 0 amide bonds. The monoisotopic (exact) mass is 227 g/mol. The molecule has 0 saturated carbocycles. The molecule has 64 valence electrons. The van der Waals surface area contributed by atoms with E-state index >= 15 is 0 Å². The van der Waals surface area contributed by atoms with E-state index in [1.54, 1.807) is 0 Å². The van der Waals surface area contributed by atoms with Gasteiger partial charge >= 0.3 is 0 Å². The SMILES string of the molecule is Cc1ccc(Br)cc1C(N)=NN. The zero-order valence-corrected chi connectivity index (χ0v) is 8.30. The predicted molar refractivity (Wildman–Crippen MR) is 53.8 cm³/mol. The minimum Gasteiger partial charge on any atom is -0.382 e. The second-order valence-corrected chi connectivity index (χ2v) is 3.39. The number of nitrogens with two attached hydrogens (primary N) is 2. The van der Waals surface area contributed by atoms with Gasteiger partial charge in [-0.3, -0.25) is 0 Å². The van der Waals surface area contributed by atoms with Gasteiger partial charge in [-0.2, -0.15) is 5.10 Å². The summed E-state index contributed by atoms with van der Waals surface area (Å²) in [6.07, 6.45) is 0. The Labute approximate surface area is 79.6 Å². The summed E-state index contributed by atoms with van der Waals surface area (Å²) in [6.45, 7) is 1.96. The van der Waals surface area contributed by atoms with Gasteiger partial charge in [0.05, 0.1) is 0 Å². The molecule has 4 N–H and O–H groups in total. The van der Waals surface area contributed by atoms with Gasteiger partial charge in [-0.25, -0.2) is 0 Å². The van der Waals surface area contributed by atoms with Crippen molar-refractivity contribution in [3.05, 3.63) is 33.8 Å². The number of benzene rings is 1. The smallest absolute Gasteiger partial charge is 0.150 e. The lowest BCUT2D eigenvalue weighted by atomic mass is 10.1. The summed E-state index contributed by atoms with van der Waals surface area (Å²) in [4.78, 5) is 0. The van der Waals surface area contributed by atoms with E-state index < -0.39 is 0 Å². The molecule has 0 aliphatic carbocycles. The number of nitrogens with zero attached hydrogens (tertiary/aromatic N) is 1. The van der Waals surface area contributed by atoms with Crippen LogP contribution in [-0.2, 0) is 0 Å². The van der Waals surface area contributed by atoms with Gasteiger partial charge in [-0.05, 0) is 24.6 Å². The summed E-state index contributed by atoms with van der Waals surface area (Å²) >= 11 is 3.34. The van der Waals surface area contributed by atoms with E-state index in [1.807, 2.05) is 25.1 Å². The fourth-order valence-electron chi connectivity index (χ4n) is 0.940. The Hall–Kier alpha value is -1.03. The summed E-state index contributed by atoms with van der Waals surface area (Å²) in [7, 11) is 0. The number of hydrogen-bond donors (Lipinski definition) is 2.